The number of nitrogens with one attached hydrogen (secondary N) is 1. The largest absolute Gasteiger partial charge is 0.455 e. The lowest BCUT2D eigenvalue weighted by Gasteiger charge is -2.26. The number of furan rings is 1. The molecule has 1 fully saturated rings. The van der Waals surface area contributed by atoms with Crippen molar-refractivity contribution >= 4 is 5.91 Å². The molecule has 0 spiro atoms. The van der Waals surface area contributed by atoms with Crippen molar-refractivity contribution in [2.45, 2.75) is 26.1 Å². The summed E-state index contributed by atoms with van der Waals surface area (Å²) in [6, 6.07) is 20.4. The van der Waals surface area contributed by atoms with E-state index in [0.29, 0.717) is 43.3 Å². The van der Waals surface area contributed by atoms with Crippen LogP contribution in [0.5, 0.6) is 0 Å². The van der Waals surface area contributed by atoms with Gasteiger partial charge in [-0.3, -0.25) is 14.6 Å². The molecule has 180 valence electrons. The number of amides is 1. The quantitative estimate of drug-likeness (QED) is 0.433. The lowest BCUT2D eigenvalue weighted by Crippen LogP contribution is -2.38. The third kappa shape index (κ3) is 7.25. The van der Waals surface area contributed by atoms with E-state index < -0.39 is 0 Å². The topological polar surface area (TPSA) is 58.0 Å². The van der Waals surface area contributed by atoms with Crippen molar-refractivity contribution in [1.29, 1.82) is 0 Å². The molecule has 1 aliphatic rings. The van der Waals surface area contributed by atoms with Gasteiger partial charge in [0.25, 0.3) is 5.91 Å². The minimum Gasteiger partial charge on any atom is -0.455 e. The van der Waals surface area contributed by atoms with Gasteiger partial charge in [-0.05, 0) is 36.7 Å². The SMILES string of the molecule is O=C(NCCCN1CCOCC1)c1ccc(CN(Cc2ccccc2)Cc2ccccc2F)o1. The van der Waals surface area contributed by atoms with Crippen molar-refractivity contribution in [2.24, 2.45) is 0 Å². The van der Waals surface area contributed by atoms with Crippen LogP contribution in [-0.4, -0.2) is 55.1 Å². The summed E-state index contributed by atoms with van der Waals surface area (Å²) < 4.78 is 25.5. The molecule has 2 aromatic carbocycles. The van der Waals surface area contributed by atoms with Gasteiger partial charge in [0.15, 0.2) is 5.76 Å². The summed E-state index contributed by atoms with van der Waals surface area (Å²) in [4.78, 5) is 17.0. The van der Waals surface area contributed by atoms with Crippen LogP contribution in [-0.2, 0) is 24.4 Å². The Morgan fingerprint density at radius 3 is 2.50 bits per heavy atom. The smallest absolute Gasteiger partial charge is 0.286 e. The van der Waals surface area contributed by atoms with E-state index in [1.54, 1.807) is 18.2 Å². The van der Waals surface area contributed by atoms with Crippen LogP contribution in [0, 0.1) is 5.82 Å². The van der Waals surface area contributed by atoms with Crippen molar-refractivity contribution in [3.05, 3.63) is 95.2 Å². The number of carbonyl (C=O) groups is 1. The fourth-order valence-electron chi connectivity index (χ4n) is 4.10. The molecule has 0 aliphatic carbocycles. The zero-order valence-electron chi connectivity index (χ0n) is 19.4. The molecule has 7 heteroatoms. The van der Waals surface area contributed by atoms with E-state index in [1.165, 1.54) is 6.07 Å². The number of carbonyl (C=O) groups excluding carboxylic acids is 1. The molecule has 6 nitrogen and oxygen atoms in total. The molecule has 1 N–H and O–H groups in total. The molecular formula is C27H32FN3O3. The minimum atomic E-state index is -0.225. The summed E-state index contributed by atoms with van der Waals surface area (Å²) in [5.74, 6) is 0.534. The lowest BCUT2D eigenvalue weighted by atomic mass is 10.1. The standard InChI is InChI=1S/C27H32FN3O3/c28-25-10-5-4-9-23(25)20-31(19-22-7-2-1-3-8-22)21-24-11-12-26(34-24)27(32)29-13-6-14-30-15-17-33-18-16-30/h1-5,7-12H,6,13-21H2,(H,29,32). The third-order valence-corrected chi connectivity index (χ3v) is 5.91. The van der Waals surface area contributed by atoms with E-state index in [0.717, 1.165) is 44.8 Å². The highest BCUT2D eigenvalue weighted by Crippen LogP contribution is 2.18. The first-order valence-corrected chi connectivity index (χ1v) is 11.8. The maximum atomic E-state index is 14.3. The summed E-state index contributed by atoms with van der Waals surface area (Å²) in [6.07, 6.45) is 0.882. The molecule has 0 radical (unpaired) electrons. The van der Waals surface area contributed by atoms with E-state index in [-0.39, 0.29) is 11.7 Å². The maximum absolute atomic E-state index is 14.3. The van der Waals surface area contributed by atoms with Gasteiger partial charge in [-0.1, -0.05) is 48.5 Å². The Kier molecular flexibility index (Phi) is 8.84. The zero-order valence-corrected chi connectivity index (χ0v) is 19.4. The van der Waals surface area contributed by atoms with Crippen LogP contribution in [0.2, 0.25) is 0 Å². The van der Waals surface area contributed by atoms with Crippen LogP contribution in [0.3, 0.4) is 0 Å². The predicted molar refractivity (Wildman–Crippen MR) is 129 cm³/mol. The molecule has 0 atom stereocenters. The molecule has 1 amide bonds. The second-order valence-corrected chi connectivity index (χ2v) is 8.55. The van der Waals surface area contributed by atoms with Crippen molar-refractivity contribution in [2.75, 3.05) is 39.4 Å². The molecule has 3 aromatic rings. The number of morpholine rings is 1. The summed E-state index contributed by atoms with van der Waals surface area (Å²) in [5, 5.41) is 2.94. The van der Waals surface area contributed by atoms with E-state index >= 15 is 0 Å². The molecule has 0 unspecified atom stereocenters. The molecule has 1 aliphatic heterocycles. The van der Waals surface area contributed by atoms with Crippen molar-refractivity contribution in [1.82, 2.24) is 15.1 Å². The van der Waals surface area contributed by atoms with Crippen LogP contribution < -0.4 is 5.32 Å². The fourth-order valence-corrected chi connectivity index (χ4v) is 4.10. The number of benzene rings is 2. The first kappa shape index (κ1) is 24.1. The third-order valence-electron chi connectivity index (χ3n) is 5.91. The number of ether oxygens (including phenoxy) is 1. The monoisotopic (exact) mass is 465 g/mol. The van der Waals surface area contributed by atoms with Gasteiger partial charge in [0.2, 0.25) is 0 Å². The summed E-state index contributed by atoms with van der Waals surface area (Å²) >= 11 is 0. The summed E-state index contributed by atoms with van der Waals surface area (Å²) in [6.45, 7) is 6.53. The van der Waals surface area contributed by atoms with Gasteiger partial charge in [0.05, 0.1) is 19.8 Å². The van der Waals surface area contributed by atoms with Crippen LogP contribution in [0.25, 0.3) is 0 Å². The van der Waals surface area contributed by atoms with Crippen LogP contribution in [0.4, 0.5) is 4.39 Å². The molecule has 0 bridgehead atoms. The summed E-state index contributed by atoms with van der Waals surface area (Å²) in [5.41, 5.74) is 1.76. The predicted octanol–water partition coefficient (Wildman–Crippen LogP) is 4.07. The van der Waals surface area contributed by atoms with Crippen molar-refractivity contribution in [3.63, 3.8) is 0 Å². The van der Waals surface area contributed by atoms with Crippen LogP contribution >= 0.6 is 0 Å². The van der Waals surface area contributed by atoms with Gasteiger partial charge < -0.3 is 14.5 Å². The molecule has 0 saturated carbocycles. The Hall–Kier alpha value is -3.00. The van der Waals surface area contributed by atoms with Gasteiger partial charge in [-0.2, -0.15) is 0 Å². The van der Waals surface area contributed by atoms with E-state index in [4.69, 9.17) is 9.15 Å². The molecule has 2 heterocycles. The Morgan fingerprint density at radius 2 is 1.71 bits per heavy atom. The molecule has 1 aromatic heterocycles. The lowest BCUT2D eigenvalue weighted by molar-refractivity contribution is 0.0374. The number of nitrogens with zero attached hydrogens (tertiary/aromatic N) is 2. The van der Waals surface area contributed by atoms with E-state index in [2.05, 4.69) is 15.1 Å². The van der Waals surface area contributed by atoms with Gasteiger partial charge in [-0.15, -0.1) is 0 Å². The Morgan fingerprint density at radius 1 is 0.941 bits per heavy atom. The van der Waals surface area contributed by atoms with E-state index in [1.807, 2.05) is 42.5 Å². The van der Waals surface area contributed by atoms with E-state index in [9.17, 15) is 9.18 Å². The van der Waals surface area contributed by atoms with Crippen molar-refractivity contribution < 1.29 is 18.3 Å². The van der Waals surface area contributed by atoms with Crippen LogP contribution in [0.1, 0.15) is 33.9 Å². The number of halogens is 1. The average molecular weight is 466 g/mol. The first-order chi connectivity index (χ1) is 16.7. The molecular weight excluding hydrogens is 433 g/mol. The highest BCUT2D eigenvalue weighted by atomic mass is 19.1. The fraction of sp³-hybridized carbons (Fsp3) is 0.370. The van der Waals surface area contributed by atoms with Gasteiger partial charge in [0, 0.05) is 38.3 Å². The highest BCUT2D eigenvalue weighted by Gasteiger charge is 2.16. The number of hydrogen-bond donors (Lipinski definition) is 1. The second kappa shape index (κ2) is 12.5. The Labute approximate surface area is 200 Å². The Balaban J connectivity index is 1.32. The van der Waals surface area contributed by atoms with Gasteiger partial charge >= 0.3 is 0 Å². The Bertz CT molecular complexity index is 1030. The molecule has 34 heavy (non-hydrogen) atoms. The number of hydrogen-bond acceptors (Lipinski definition) is 5. The minimum absolute atomic E-state index is 0.211. The first-order valence-electron chi connectivity index (χ1n) is 11.8. The van der Waals surface area contributed by atoms with Gasteiger partial charge in [-0.25, -0.2) is 4.39 Å². The second-order valence-electron chi connectivity index (χ2n) is 8.55. The van der Waals surface area contributed by atoms with Gasteiger partial charge in [0.1, 0.15) is 11.6 Å². The molecule has 1 saturated heterocycles. The highest BCUT2D eigenvalue weighted by molar-refractivity contribution is 5.91. The average Bonchev–Trinajstić information content (AvgIpc) is 3.33. The zero-order chi connectivity index (χ0) is 23.6. The molecule has 4 rings (SSSR count). The van der Waals surface area contributed by atoms with Crippen molar-refractivity contribution in [3.8, 4) is 0 Å². The van der Waals surface area contributed by atoms with Crippen LogP contribution in [0.15, 0.2) is 71.1 Å². The normalized spacial score (nSPS) is 14.4. The number of rotatable bonds is 11. The summed E-state index contributed by atoms with van der Waals surface area (Å²) in [7, 11) is 0. The maximum Gasteiger partial charge on any atom is 0.286 e.